The van der Waals surface area contributed by atoms with Crippen LogP contribution in [-0.2, 0) is 0 Å². The fourth-order valence-corrected chi connectivity index (χ4v) is 1.84. The highest BCUT2D eigenvalue weighted by Gasteiger charge is 2.24. The van der Waals surface area contributed by atoms with Crippen molar-refractivity contribution < 1.29 is 19.1 Å². The second-order valence-corrected chi connectivity index (χ2v) is 4.21. The van der Waals surface area contributed by atoms with Gasteiger partial charge >= 0.3 is 5.69 Å². The van der Waals surface area contributed by atoms with Gasteiger partial charge in [0.15, 0.2) is 11.5 Å². The molecule has 1 aromatic rings. The third-order valence-electron chi connectivity index (χ3n) is 2.64. The number of nitro groups is 1. The minimum absolute atomic E-state index is 0.118. The topological polar surface area (TPSA) is 82.9 Å². The van der Waals surface area contributed by atoms with Crippen LogP contribution in [0.5, 0.6) is 17.2 Å². The molecule has 1 atom stereocenters. The number of hydrogen-bond acceptors (Lipinski definition) is 6. The van der Waals surface area contributed by atoms with Crippen molar-refractivity contribution in [3.05, 3.63) is 22.2 Å². The normalized spacial score (nSPS) is 14.8. The van der Waals surface area contributed by atoms with Gasteiger partial charge in [0.25, 0.3) is 0 Å². The molecule has 0 saturated heterocycles. The Labute approximate surface area is 110 Å². The predicted molar refractivity (Wildman–Crippen MR) is 68.1 cm³/mol. The first-order valence-corrected chi connectivity index (χ1v) is 6.01. The zero-order valence-corrected chi connectivity index (χ0v) is 10.8. The van der Waals surface area contributed by atoms with Gasteiger partial charge in [-0.1, -0.05) is 0 Å². The number of benzene rings is 1. The molecule has 0 aliphatic carbocycles. The first kappa shape index (κ1) is 13.4. The number of likely N-dealkylation sites (N-methyl/N-ethyl adjacent to an activating group) is 1. The Morgan fingerprint density at radius 2 is 2.05 bits per heavy atom. The van der Waals surface area contributed by atoms with Crippen molar-refractivity contribution in [2.24, 2.45) is 0 Å². The van der Waals surface area contributed by atoms with Crippen LogP contribution in [0.3, 0.4) is 0 Å². The average molecular weight is 268 g/mol. The molecule has 0 spiro atoms. The predicted octanol–water partition coefficient (Wildman–Crippen LogP) is 1.35. The maximum atomic E-state index is 11.1. The molecule has 19 heavy (non-hydrogen) atoms. The van der Waals surface area contributed by atoms with Crippen molar-refractivity contribution in [1.29, 1.82) is 0 Å². The molecule has 7 heteroatoms. The molecule has 0 fully saturated rings. The van der Waals surface area contributed by atoms with Crippen molar-refractivity contribution in [2.75, 3.05) is 26.8 Å². The molecule has 2 rings (SSSR count). The molecule has 0 aromatic heterocycles. The van der Waals surface area contributed by atoms with Crippen molar-refractivity contribution in [1.82, 2.24) is 5.32 Å². The van der Waals surface area contributed by atoms with Gasteiger partial charge in [0.1, 0.15) is 19.3 Å². The van der Waals surface area contributed by atoms with Crippen LogP contribution in [0.15, 0.2) is 12.1 Å². The number of nitrogens with one attached hydrogen (secondary N) is 1. The summed E-state index contributed by atoms with van der Waals surface area (Å²) in [4.78, 5) is 10.6. The van der Waals surface area contributed by atoms with Crippen molar-refractivity contribution in [3.63, 3.8) is 0 Å². The second-order valence-electron chi connectivity index (χ2n) is 4.21. The van der Waals surface area contributed by atoms with Gasteiger partial charge in [-0.3, -0.25) is 10.1 Å². The molecule has 1 aliphatic rings. The Hall–Kier alpha value is -2.02. The van der Waals surface area contributed by atoms with Crippen LogP contribution in [0.4, 0.5) is 5.69 Å². The van der Waals surface area contributed by atoms with Gasteiger partial charge in [0.05, 0.1) is 11.0 Å². The Morgan fingerprint density at radius 3 is 2.63 bits per heavy atom. The fraction of sp³-hybridized carbons (Fsp3) is 0.500. The lowest BCUT2D eigenvalue weighted by atomic mass is 10.2. The lowest BCUT2D eigenvalue weighted by Crippen LogP contribution is -2.26. The Morgan fingerprint density at radius 1 is 1.42 bits per heavy atom. The molecule has 1 aromatic carbocycles. The molecule has 0 saturated carbocycles. The second kappa shape index (κ2) is 5.75. The van der Waals surface area contributed by atoms with Gasteiger partial charge in [0, 0.05) is 12.6 Å². The highest BCUT2D eigenvalue weighted by atomic mass is 16.6. The van der Waals surface area contributed by atoms with Crippen LogP contribution in [-0.4, -0.2) is 37.8 Å². The molecule has 1 aliphatic heterocycles. The van der Waals surface area contributed by atoms with E-state index in [-0.39, 0.29) is 17.5 Å². The number of nitro benzene ring substituents is 1. The van der Waals surface area contributed by atoms with E-state index in [1.54, 1.807) is 7.05 Å². The van der Waals surface area contributed by atoms with Gasteiger partial charge < -0.3 is 19.5 Å². The summed E-state index contributed by atoms with van der Waals surface area (Å²) in [5.41, 5.74) is -0.118. The summed E-state index contributed by atoms with van der Waals surface area (Å²) in [5.74, 6) is 1.05. The number of fused-ring (bicyclic) bond motifs is 1. The average Bonchev–Trinajstić information content (AvgIpc) is 2.38. The zero-order chi connectivity index (χ0) is 13.8. The zero-order valence-electron chi connectivity index (χ0n) is 10.8. The smallest absolute Gasteiger partial charge is 0.314 e. The van der Waals surface area contributed by atoms with E-state index >= 15 is 0 Å². The first-order chi connectivity index (χ1) is 9.11. The molecule has 1 heterocycles. The van der Waals surface area contributed by atoms with Crippen LogP contribution in [0.25, 0.3) is 0 Å². The van der Waals surface area contributed by atoms with Gasteiger partial charge in [-0.15, -0.1) is 0 Å². The maximum Gasteiger partial charge on any atom is 0.314 e. The quantitative estimate of drug-likeness (QED) is 0.641. The van der Waals surface area contributed by atoms with Gasteiger partial charge in [-0.25, -0.2) is 0 Å². The van der Waals surface area contributed by atoms with Gasteiger partial charge in [-0.2, -0.15) is 0 Å². The molecular weight excluding hydrogens is 252 g/mol. The maximum absolute atomic E-state index is 11.1. The van der Waals surface area contributed by atoms with Crippen LogP contribution in [0.1, 0.15) is 6.92 Å². The minimum atomic E-state index is -0.486. The summed E-state index contributed by atoms with van der Waals surface area (Å²) < 4.78 is 16.3. The summed E-state index contributed by atoms with van der Waals surface area (Å²) in [6.07, 6.45) is -0.189. The minimum Gasteiger partial charge on any atom is -0.486 e. The van der Waals surface area contributed by atoms with E-state index in [2.05, 4.69) is 5.32 Å². The summed E-state index contributed by atoms with van der Waals surface area (Å²) in [6.45, 7) is 3.24. The Bertz CT molecular complexity index is 477. The summed E-state index contributed by atoms with van der Waals surface area (Å²) in [5, 5.41) is 14.0. The van der Waals surface area contributed by atoms with E-state index in [4.69, 9.17) is 14.2 Å². The Balaban J connectivity index is 2.31. The van der Waals surface area contributed by atoms with Crippen molar-refractivity contribution >= 4 is 5.69 Å². The molecule has 7 nitrogen and oxygen atoms in total. The SMILES string of the molecule is CNCC(C)Oc1cc2c(cc1[N+](=O)[O-])OCCO2. The monoisotopic (exact) mass is 268 g/mol. The van der Waals surface area contributed by atoms with E-state index in [1.807, 2.05) is 6.92 Å². The highest BCUT2D eigenvalue weighted by Crippen LogP contribution is 2.40. The standard InChI is InChI=1S/C12H16N2O5/c1-8(7-13-2)19-10-6-12-11(17-3-4-18-12)5-9(10)14(15)16/h5-6,8,13H,3-4,7H2,1-2H3. The first-order valence-electron chi connectivity index (χ1n) is 6.01. The summed E-state index contributed by atoms with van der Waals surface area (Å²) in [7, 11) is 1.79. The molecule has 104 valence electrons. The van der Waals surface area contributed by atoms with Crippen LogP contribution < -0.4 is 19.5 Å². The van der Waals surface area contributed by atoms with E-state index in [0.717, 1.165) is 0 Å². The third kappa shape index (κ3) is 3.05. The lowest BCUT2D eigenvalue weighted by Gasteiger charge is -2.20. The molecule has 0 bridgehead atoms. The van der Waals surface area contributed by atoms with Crippen LogP contribution in [0, 0.1) is 10.1 Å². The Kier molecular flexibility index (Phi) is 4.06. The third-order valence-corrected chi connectivity index (χ3v) is 2.64. The number of ether oxygens (including phenoxy) is 3. The van der Waals surface area contributed by atoms with E-state index in [9.17, 15) is 10.1 Å². The largest absolute Gasteiger partial charge is 0.486 e. The molecule has 0 amide bonds. The number of hydrogen-bond donors (Lipinski definition) is 1. The fourth-order valence-electron chi connectivity index (χ4n) is 1.84. The summed E-state index contributed by atoms with van der Waals surface area (Å²) >= 11 is 0. The lowest BCUT2D eigenvalue weighted by molar-refractivity contribution is -0.386. The molecule has 0 radical (unpaired) electrons. The molecular formula is C12H16N2O5. The number of nitrogens with zero attached hydrogens (tertiary/aromatic N) is 1. The molecule has 1 N–H and O–H groups in total. The van der Waals surface area contributed by atoms with Crippen LogP contribution in [0.2, 0.25) is 0 Å². The summed E-state index contributed by atoms with van der Waals surface area (Å²) in [6, 6.07) is 2.86. The van der Waals surface area contributed by atoms with Gasteiger partial charge in [0.2, 0.25) is 5.75 Å². The van der Waals surface area contributed by atoms with Crippen LogP contribution >= 0.6 is 0 Å². The van der Waals surface area contributed by atoms with E-state index < -0.39 is 4.92 Å². The van der Waals surface area contributed by atoms with Crippen molar-refractivity contribution in [2.45, 2.75) is 13.0 Å². The molecule has 1 unspecified atom stereocenters. The van der Waals surface area contributed by atoms with E-state index in [0.29, 0.717) is 31.3 Å². The highest BCUT2D eigenvalue weighted by molar-refractivity contribution is 5.58. The van der Waals surface area contributed by atoms with Gasteiger partial charge in [-0.05, 0) is 14.0 Å². The number of rotatable bonds is 5. The van der Waals surface area contributed by atoms with E-state index in [1.165, 1.54) is 12.1 Å². The van der Waals surface area contributed by atoms with Crippen molar-refractivity contribution in [3.8, 4) is 17.2 Å².